The second-order valence-electron chi connectivity index (χ2n) is 9.01. The number of nitrogens with one attached hydrogen (secondary N) is 1. The first-order chi connectivity index (χ1) is 16.6. The van der Waals surface area contributed by atoms with Crippen LogP contribution in [0.1, 0.15) is 46.0 Å². The summed E-state index contributed by atoms with van der Waals surface area (Å²) in [7, 11) is 0. The summed E-state index contributed by atoms with van der Waals surface area (Å²) in [4.78, 5) is 16.3. The normalized spacial score (nSPS) is 18.0. The van der Waals surface area contributed by atoms with E-state index >= 15 is 0 Å². The molecular weight excluding hydrogens is 446 g/mol. The standard InChI is InChI=1S/C26H29N5O4/c1-14-15(2)24-22(16(3)23(14)28)20(31-33)11-26(4,35-24)13-34-19-8-6-18(7-9-19)30-25(32)17-5-10-21(27)29-12-17/h5-10,12,33H,11,13,28H2,1-4H3,(H2,27,29)(H,30,32)/b31-20+. The maximum absolute atomic E-state index is 12.4. The number of pyridine rings is 1. The Bertz CT molecular complexity index is 1300. The van der Waals surface area contributed by atoms with Crippen LogP contribution in [0.15, 0.2) is 47.8 Å². The number of amides is 1. The monoisotopic (exact) mass is 475 g/mol. The number of nitrogens with zero attached hydrogens (tertiary/aromatic N) is 2. The van der Waals surface area contributed by atoms with E-state index in [1.165, 1.54) is 6.20 Å². The molecule has 1 aliphatic rings. The van der Waals surface area contributed by atoms with Gasteiger partial charge in [-0.25, -0.2) is 4.98 Å². The number of benzene rings is 2. The zero-order valence-corrected chi connectivity index (χ0v) is 20.2. The highest BCUT2D eigenvalue weighted by Crippen LogP contribution is 2.42. The van der Waals surface area contributed by atoms with Crippen LogP contribution in [0.4, 0.5) is 17.2 Å². The maximum atomic E-state index is 12.4. The van der Waals surface area contributed by atoms with Crippen LogP contribution in [-0.2, 0) is 0 Å². The Morgan fingerprint density at radius 3 is 2.49 bits per heavy atom. The van der Waals surface area contributed by atoms with E-state index in [0.29, 0.717) is 46.4 Å². The smallest absolute Gasteiger partial charge is 0.257 e. The summed E-state index contributed by atoms with van der Waals surface area (Å²) in [5, 5.41) is 16.1. The van der Waals surface area contributed by atoms with E-state index in [2.05, 4.69) is 15.5 Å². The number of anilines is 3. The fourth-order valence-corrected chi connectivity index (χ4v) is 4.13. The molecule has 4 rings (SSSR count). The van der Waals surface area contributed by atoms with Gasteiger partial charge in [0.2, 0.25) is 0 Å². The molecular formula is C26H29N5O4. The number of aromatic nitrogens is 1. The Kier molecular flexibility index (Phi) is 6.26. The summed E-state index contributed by atoms with van der Waals surface area (Å²) in [6.45, 7) is 7.92. The highest BCUT2D eigenvalue weighted by molar-refractivity contribution is 6.07. The van der Waals surface area contributed by atoms with Gasteiger partial charge in [0.05, 0.1) is 11.3 Å². The van der Waals surface area contributed by atoms with Crippen molar-refractivity contribution >= 4 is 28.8 Å². The van der Waals surface area contributed by atoms with Crippen molar-refractivity contribution < 1.29 is 19.5 Å². The molecule has 3 aromatic rings. The average Bonchev–Trinajstić information content (AvgIpc) is 2.85. The zero-order valence-electron chi connectivity index (χ0n) is 20.2. The van der Waals surface area contributed by atoms with E-state index in [-0.39, 0.29) is 12.5 Å². The summed E-state index contributed by atoms with van der Waals surface area (Å²) in [6, 6.07) is 10.2. The third-order valence-electron chi connectivity index (χ3n) is 6.32. The molecule has 1 aliphatic heterocycles. The lowest BCUT2D eigenvalue weighted by atomic mass is 9.85. The minimum Gasteiger partial charge on any atom is -0.489 e. The maximum Gasteiger partial charge on any atom is 0.257 e. The molecule has 0 spiro atoms. The SMILES string of the molecule is Cc1c(C)c2c(c(C)c1N)/C(=N/O)CC(C)(COc1ccc(NC(=O)c3ccc(N)nc3)cc1)O2. The van der Waals surface area contributed by atoms with Crippen molar-refractivity contribution in [3.8, 4) is 11.5 Å². The van der Waals surface area contributed by atoms with Crippen molar-refractivity contribution in [3.63, 3.8) is 0 Å². The van der Waals surface area contributed by atoms with Gasteiger partial charge >= 0.3 is 0 Å². The molecule has 0 bridgehead atoms. The summed E-state index contributed by atoms with van der Waals surface area (Å²) in [5.74, 6) is 1.33. The Labute approximate surface area is 203 Å². The molecule has 1 aromatic heterocycles. The predicted molar refractivity (Wildman–Crippen MR) is 136 cm³/mol. The Balaban J connectivity index is 1.46. The van der Waals surface area contributed by atoms with E-state index in [9.17, 15) is 10.0 Å². The molecule has 0 saturated heterocycles. The largest absolute Gasteiger partial charge is 0.489 e. The third kappa shape index (κ3) is 4.70. The van der Waals surface area contributed by atoms with Gasteiger partial charge in [0.1, 0.15) is 29.5 Å². The first-order valence-electron chi connectivity index (χ1n) is 11.2. The van der Waals surface area contributed by atoms with E-state index < -0.39 is 5.60 Å². The van der Waals surface area contributed by atoms with Crippen LogP contribution in [-0.4, -0.2) is 34.0 Å². The number of oxime groups is 1. The van der Waals surface area contributed by atoms with Crippen LogP contribution in [0.2, 0.25) is 0 Å². The molecule has 1 amide bonds. The molecule has 0 saturated carbocycles. The van der Waals surface area contributed by atoms with Gasteiger partial charge in [0.25, 0.3) is 5.91 Å². The van der Waals surface area contributed by atoms with Crippen molar-refractivity contribution in [1.29, 1.82) is 0 Å². The highest BCUT2D eigenvalue weighted by atomic mass is 16.5. The van der Waals surface area contributed by atoms with Crippen molar-refractivity contribution in [3.05, 3.63) is 70.4 Å². The number of ether oxygens (including phenoxy) is 2. The number of nitrogen functional groups attached to an aromatic ring is 2. The first kappa shape index (κ1) is 23.9. The quantitative estimate of drug-likeness (QED) is 0.245. The predicted octanol–water partition coefficient (Wildman–Crippen LogP) is 4.22. The van der Waals surface area contributed by atoms with Gasteiger partial charge < -0.3 is 31.5 Å². The van der Waals surface area contributed by atoms with E-state index in [1.54, 1.807) is 36.4 Å². The molecule has 9 nitrogen and oxygen atoms in total. The fourth-order valence-electron chi connectivity index (χ4n) is 4.13. The number of rotatable bonds is 5. The van der Waals surface area contributed by atoms with Gasteiger partial charge in [0, 0.05) is 29.6 Å². The molecule has 2 aromatic carbocycles. The lowest BCUT2D eigenvalue weighted by molar-refractivity contribution is 0.0356. The Hall–Kier alpha value is -4.27. The van der Waals surface area contributed by atoms with Gasteiger partial charge in [-0.05, 0) is 80.8 Å². The van der Waals surface area contributed by atoms with E-state index in [1.807, 2.05) is 27.7 Å². The molecule has 0 fully saturated rings. The molecule has 0 aliphatic carbocycles. The van der Waals surface area contributed by atoms with Gasteiger partial charge in [-0.15, -0.1) is 0 Å². The lowest BCUT2D eigenvalue weighted by Crippen LogP contribution is -2.45. The topological polar surface area (TPSA) is 145 Å². The van der Waals surface area contributed by atoms with Crippen LogP contribution in [0.5, 0.6) is 11.5 Å². The van der Waals surface area contributed by atoms with Crippen molar-refractivity contribution in [2.75, 3.05) is 23.4 Å². The summed E-state index contributed by atoms with van der Waals surface area (Å²) in [5.41, 5.74) is 16.7. The second kappa shape index (κ2) is 9.17. The second-order valence-corrected chi connectivity index (χ2v) is 9.01. The van der Waals surface area contributed by atoms with E-state index in [4.69, 9.17) is 20.9 Å². The van der Waals surface area contributed by atoms with Gasteiger partial charge in [-0.1, -0.05) is 5.16 Å². The number of hydrogen-bond donors (Lipinski definition) is 4. The Morgan fingerprint density at radius 2 is 1.86 bits per heavy atom. The number of carbonyl (C=O) groups is 1. The molecule has 182 valence electrons. The summed E-state index contributed by atoms with van der Waals surface area (Å²) >= 11 is 0. The fraction of sp³-hybridized carbons (Fsp3) is 0.269. The zero-order chi connectivity index (χ0) is 25.3. The van der Waals surface area contributed by atoms with Gasteiger partial charge in [0.15, 0.2) is 0 Å². The van der Waals surface area contributed by atoms with Crippen LogP contribution >= 0.6 is 0 Å². The summed E-state index contributed by atoms with van der Waals surface area (Å²) < 4.78 is 12.4. The number of nitrogens with two attached hydrogens (primary N) is 2. The van der Waals surface area contributed by atoms with E-state index in [0.717, 1.165) is 22.3 Å². The molecule has 0 radical (unpaired) electrons. The molecule has 6 N–H and O–H groups in total. The van der Waals surface area contributed by atoms with Crippen LogP contribution in [0.25, 0.3) is 0 Å². The van der Waals surface area contributed by atoms with Crippen molar-refractivity contribution in [1.82, 2.24) is 4.98 Å². The highest BCUT2D eigenvalue weighted by Gasteiger charge is 2.39. The minimum atomic E-state index is -0.761. The number of hydrogen-bond acceptors (Lipinski definition) is 8. The molecule has 1 unspecified atom stereocenters. The number of fused-ring (bicyclic) bond motifs is 1. The van der Waals surface area contributed by atoms with Gasteiger partial charge in [-0.2, -0.15) is 0 Å². The summed E-state index contributed by atoms with van der Waals surface area (Å²) in [6.07, 6.45) is 1.77. The molecule has 35 heavy (non-hydrogen) atoms. The Morgan fingerprint density at radius 1 is 1.14 bits per heavy atom. The van der Waals surface area contributed by atoms with Crippen LogP contribution in [0.3, 0.4) is 0 Å². The molecule has 2 heterocycles. The van der Waals surface area contributed by atoms with Crippen molar-refractivity contribution in [2.24, 2.45) is 5.16 Å². The third-order valence-corrected chi connectivity index (χ3v) is 6.32. The molecule has 9 heteroatoms. The molecule has 1 atom stereocenters. The number of carbonyl (C=O) groups excluding carboxylic acids is 1. The van der Waals surface area contributed by atoms with Crippen molar-refractivity contribution in [2.45, 2.75) is 39.7 Å². The van der Waals surface area contributed by atoms with Gasteiger partial charge in [-0.3, -0.25) is 4.79 Å². The minimum absolute atomic E-state index is 0.218. The van der Waals surface area contributed by atoms with Crippen LogP contribution in [0, 0.1) is 20.8 Å². The average molecular weight is 476 g/mol. The first-order valence-corrected chi connectivity index (χ1v) is 11.2. The van der Waals surface area contributed by atoms with Crippen LogP contribution < -0.4 is 26.3 Å². The lowest BCUT2D eigenvalue weighted by Gasteiger charge is -2.38.